The number of fused-ring (bicyclic) bond motifs is 3. The van der Waals surface area contributed by atoms with Crippen molar-refractivity contribution >= 4 is 12.3 Å². The molecule has 0 nitrogen and oxygen atoms in total. The number of aryl methyl sites for hydroxylation is 1. The van der Waals surface area contributed by atoms with Crippen LogP contribution in [0.1, 0.15) is 83.2 Å². The van der Waals surface area contributed by atoms with Gasteiger partial charge in [0.25, 0.3) is 0 Å². The molecule has 1 atom stereocenters. The Labute approximate surface area is 276 Å². The standard InChI is InChI=1S/C21H25.C10H17Si.C7H7.CH3.CH2.Zr/c1-20(2,3)16-9-7-14-11-15-8-10-17(21(4,5)6)13-19(15)18(14)12-16;1-8-6-9(2)10(7-8)11(3,4)5;1-7-5-3-2-4-6-7;;;/h7,9-10,12-13H,11H2,1-6H3;7-8H,1-5H3;3-6H,1H3;1H3;1H2;/q4*-1;;. The second-order valence-corrected chi connectivity index (χ2v) is 19.3. The van der Waals surface area contributed by atoms with E-state index in [0.29, 0.717) is 5.92 Å². The van der Waals surface area contributed by atoms with E-state index in [2.05, 4.69) is 141 Å². The fourth-order valence-corrected chi connectivity index (χ4v) is 7.05. The Kier molecular flexibility index (Phi) is 14.3. The summed E-state index contributed by atoms with van der Waals surface area (Å²) in [4.78, 5) is 0. The smallest absolute Gasteiger partial charge is 0.358 e. The van der Waals surface area contributed by atoms with Crippen LogP contribution in [0.2, 0.25) is 19.6 Å². The van der Waals surface area contributed by atoms with Crippen molar-refractivity contribution in [3.63, 3.8) is 0 Å². The van der Waals surface area contributed by atoms with Gasteiger partial charge in [0.2, 0.25) is 0 Å². The number of rotatable bonds is 1. The summed E-state index contributed by atoms with van der Waals surface area (Å²) < 4.78 is 3.34. The molecule has 0 spiro atoms. The van der Waals surface area contributed by atoms with Crippen molar-refractivity contribution in [2.24, 2.45) is 5.92 Å². The first-order chi connectivity index (χ1) is 19.0. The molecule has 0 radical (unpaired) electrons. The minimum atomic E-state index is -1.07. The van der Waals surface area contributed by atoms with E-state index in [4.69, 9.17) is 0 Å². The Morgan fingerprint density at radius 2 is 1.38 bits per heavy atom. The molecule has 1 unspecified atom stereocenters. The summed E-state index contributed by atoms with van der Waals surface area (Å²) in [5, 5.41) is 1.60. The molecule has 5 rings (SSSR count). The first kappa shape index (κ1) is 38.1. The van der Waals surface area contributed by atoms with Crippen LogP contribution in [-0.4, -0.2) is 12.3 Å². The van der Waals surface area contributed by atoms with E-state index < -0.39 is 8.07 Å². The molecule has 0 saturated heterocycles. The molecule has 2 aliphatic carbocycles. The summed E-state index contributed by atoms with van der Waals surface area (Å²) in [5.41, 5.74) is 11.5. The average Bonchev–Trinajstić information content (AvgIpc) is 3.43. The zero-order valence-corrected chi connectivity index (χ0v) is 32.2. The quantitative estimate of drug-likeness (QED) is 0.142. The summed E-state index contributed by atoms with van der Waals surface area (Å²) >= 11 is 1.30. The molecule has 0 aromatic heterocycles. The van der Waals surface area contributed by atoms with E-state index in [9.17, 15) is 0 Å². The van der Waals surface area contributed by atoms with E-state index >= 15 is 0 Å². The Morgan fingerprint density at radius 1 is 0.833 bits per heavy atom. The number of hydrogen-bond donors (Lipinski definition) is 0. The van der Waals surface area contributed by atoms with Crippen molar-refractivity contribution in [2.45, 2.75) is 99.2 Å². The van der Waals surface area contributed by atoms with Crippen molar-refractivity contribution in [1.82, 2.24) is 0 Å². The van der Waals surface area contributed by atoms with Crippen molar-refractivity contribution in [2.75, 3.05) is 0 Å². The second-order valence-electron chi connectivity index (χ2n) is 14.3. The summed E-state index contributed by atoms with van der Waals surface area (Å²) in [6, 6.07) is 25.9. The van der Waals surface area contributed by atoms with E-state index in [1.165, 1.54) is 68.8 Å². The molecule has 2 aliphatic rings. The summed E-state index contributed by atoms with van der Waals surface area (Å²) in [7, 11) is -1.07. The maximum absolute atomic E-state index is 3.53. The maximum atomic E-state index is 3.53. The van der Waals surface area contributed by atoms with E-state index in [-0.39, 0.29) is 18.3 Å². The molecule has 0 aliphatic heterocycles. The van der Waals surface area contributed by atoms with Gasteiger partial charge in [-0.25, -0.2) is 10.8 Å². The molecule has 0 bridgehead atoms. The van der Waals surface area contributed by atoms with Crippen LogP contribution in [0.5, 0.6) is 0 Å². The van der Waals surface area contributed by atoms with Gasteiger partial charge in [-0.1, -0.05) is 123 Å². The first-order valence-electron chi connectivity index (χ1n) is 14.8. The van der Waals surface area contributed by atoms with Crippen LogP contribution < -0.4 is 0 Å². The third-order valence-corrected chi connectivity index (χ3v) is 9.64. The average molecular weight is 654 g/mol. The largest absolute Gasteiger partial charge is 0.358 e. The van der Waals surface area contributed by atoms with Gasteiger partial charge in [0.05, 0.1) is 0 Å². The molecule has 2 heteroatoms. The fraction of sp³-hybridized carbons (Fsp3) is 0.400. The Balaban J connectivity index is 0.000000352. The first-order valence-corrected chi connectivity index (χ1v) is 20.0. The molecule has 0 amide bonds. The van der Waals surface area contributed by atoms with Gasteiger partial charge in [-0.05, 0) is 25.5 Å². The number of allylic oxidation sites excluding steroid dienone is 4. The minimum absolute atomic E-state index is 0. The zero-order chi connectivity index (χ0) is 31.2. The van der Waals surface area contributed by atoms with Crippen LogP contribution in [0.4, 0.5) is 0 Å². The molecule has 0 heterocycles. The third-order valence-electron chi connectivity index (χ3n) is 7.48. The molecule has 0 N–H and O–H groups in total. The van der Waals surface area contributed by atoms with Gasteiger partial charge in [0, 0.05) is 0 Å². The SMILES string of the molecule is CC(C)(C)c1c[c-]c2c(c1)-c1cc(C(C)(C)C)ccc1C2.CC1=[C-]C(C)C=C1[Si](C)(C)C.Cc1cc[c-]cc1.[CH2]=[Zr].[CH3-]. The summed E-state index contributed by atoms with van der Waals surface area (Å²) in [6.45, 7) is 27.3. The van der Waals surface area contributed by atoms with Crippen LogP contribution in [-0.2, 0) is 41.5 Å². The number of benzene rings is 3. The van der Waals surface area contributed by atoms with Gasteiger partial charge in [0.15, 0.2) is 0 Å². The zero-order valence-electron chi connectivity index (χ0n) is 28.8. The van der Waals surface area contributed by atoms with E-state index in [0.717, 1.165) is 6.42 Å². The van der Waals surface area contributed by atoms with E-state index in [1.807, 2.05) is 24.3 Å². The van der Waals surface area contributed by atoms with Crippen molar-refractivity contribution in [3.8, 4) is 11.1 Å². The molecule has 0 fully saturated rings. The Bertz CT molecular complexity index is 1290. The molecule has 3 aromatic rings. The van der Waals surface area contributed by atoms with Gasteiger partial charge >= 0.3 is 28.4 Å². The molecule has 0 saturated carbocycles. The van der Waals surface area contributed by atoms with Crippen molar-refractivity contribution in [3.05, 3.63) is 125 Å². The van der Waals surface area contributed by atoms with Crippen molar-refractivity contribution < 1.29 is 24.2 Å². The molecule has 3 aromatic carbocycles. The Hall–Kier alpha value is -1.89. The van der Waals surface area contributed by atoms with Crippen LogP contribution in [0.25, 0.3) is 11.1 Å². The van der Waals surface area contributed by atoms with E-state index in [1.54, 1.807) is 5.20 Å². The van der Waals surface area contributed by atoms with Gasteiger partial charge in [-0.2, -0.15) is 71.3 Å². The Morgan fingerprint density at radius 3 is 1.79 bits per heavy atom. The number of hydrogen-bond acceptors (Lipinski definition) is 0. The molecule has 42 heavy (non-hydrogen) atoms. The van der Waals surface area contributed by atoms with Crippen LogP contribution in [0.3, 0.4) is 0 Å². The predicted molar refractivity (Wildman–Crippen MR) is 187 cm³/mol. The van der Waals surface area contributed by atoms with Crippen LogP contribution in [0, 0.1) is 38.5 Å². The summed E-state index contributed by atoms with van der Waals surface area (Å²) in [5.74, 6) is 0.553. The van der Waals surface area contributed by atoms with Crippen LogP contribution in [0.15, 0.2) is 71.4 Å². The third kappa shape index (κ3) is 10.7. The maximum Gasteiger partial charge on any atom is -0.358 e. The van der Waals surface area contributed by atoms with Crippen molar-refractivity contribution in [1.29, 1.82) is 0 Å². The topological polar surface area (TPSA) is 0 Å². The molecule has 226 valence electrons. The summed E-state index contributed by atoms with van der Waals surface area (Å²) in [6.07, 6.45) is 6.84. The second kappa shape index (κ2) is 15.7. The molecular formula is C40H54SiZr-4. The van der Waals surface area contributed by atoms with Gasteiger partial charge in [-0.3, -0.25) is 6.08 Å². The van der Waals surface area contributed by atoms with Gasteiger partial charge < -0.3 is 7.43 Å². The minimum Gasteiger partial charge on any atom is -0.358 e. The monoisotopic (exact) mass is 652 g/mol. The van der Waals surface area contributed by atoms with Crippen LogP contribution >= 0.6 is 0 Å². The van der Waals surface area contributed by atoms with Gasteiger partial charge in [-0.15, -0.1) is 5.56 Å². The predicted octanol–water partition coefficient (Wildman–Crippen LogP) is 11.1. The molecular weight excluding hydrogens is 600 g/mol. The normalized spacial score (nSPS) is 15.1. The van der Waals surface area contributed by atoms with Gasteiger partial charge in [0.1, 0.15) is 0 Å². The fourth-order valence-electron chi connectivity index (χ4n) is 5.10.